The van der Waals surface area contributed by atoms with Crippen LogP contribution in [-0.4, -0.2) is 23.8 Å². The standard InChI is InChI=1S/C15H18BrNO/c1-11-8-12(10-13(16)9-11)15(4-5-15)17-6-2-14(18)3-7-17/h8-10H,2-7H2,1H3. The molecule has 0 N–H and O–H groups in total. The summed E-state index contributed by atoms with van der Waals surface area (Å²) in [6, 6.07) is 6.70. The van der Waals surface area contributed by atoms with Gasteiger partial charge in [-0.15, -0.1) is 0 Å². The Bertz CT molecular complexity index is 463. The third kappa shape index (κ3) is 2.14. The number of piperidine rings is 1. The molecule has 3 rings (SSSR count). The maximum Gasteiger partial charge on any atom is 0.135 e. The summed E-state index contributed by atoms with van der Waals surface area (Å²) >= 11 is 3.59. The molecule has 1 saturated heterocycles. The van der Waals surface area contributed by atoms with E-state index < -0.39 is 0 Å². The summed E-state index contributed by atoms with van der Waals surface area (Å²) in [6.45, 7) is 4.01. The van der Waals surface area contributed by atoms with Gasteiger partial charge in [0.15, 0.2) is 0 Å². The third-order valence-electron chi connectivity index (χ3n) is 4.23. The highest BCUT2D eigenvalue weighted by Gasteiger charge is 2.49. The second-order valence-electron chi connectivity index (χ2n) is 5.57. The molecule has 2 aliphatic rings. The van der Waals surface area contributed by atoms with Crippen molar-refractivity contribution in [1.82, 2.24) is 4.90 Å². The number of benzene rings is 1. The average molecular weight is 308 g/mol. The van der Waals surface area contributed by atoms with Gasteiger partial charge < -0.3 is 0 Å². The fourth-order valence-corrected chi connectivity index (χ4v) is 3.70. The van der Waals surface area contributed by atoms with Gasteiger partial charge in [-0.05, 0) is 43.0 Å². The molecule has 1 saturated carbocycles. The summed E-state index contributed by atoms with van der Waals surface area (Å²) in [5, 5.41) is 0. The second kappa shape index (κ2) is 4.46. The largest absolute Gasteiger partial charge is 0.300 e. The molecule has 0 unspecified atom stereocenters. The van der Waals surface area contributed by atoms with Gasteiger partial charge in [-0.25, -0.2) is 0 Å². The maximum atomic E-state index is 11.4. The molecular weight excluding hydrogens is 290 g/mol. The molecular formula is C15H18BrNO. The molecule has 0 bridgehead atoms. The summed E-state index contributed by atoms with van der Waals surface area (Å²) in [6.07, 6.45) is 3.93. The maximum absolute atomic E-state index is 11.4. The molecule has 1 heterocycles. The smallest absolute Gasteiger partial charge is 0.135 e. The highest BCUT2D eigenvalue weighted by molar-refractivity contribution is 9.10. The van der Waals surface area contributed by atoms with E-state index >= 15 is 0 Å². The van der Waals surface area contributed by atoms with Gasteiger partial charge in [0, 0.05) is 35.9 Å². The minimum Gasteiger partial charge on any atom is -0.300 e. The molecule has 96 valence electrons. The Balaban J connectivity index is 1.88. The van der Waals surface area contributed by atoms with E-state index in [2.05, 4.69) is 46.0 Å². The normalized spacial score (nSPS) is 23.1. The van der Waals surface area contributed by atoms with Crippen molar-refractivity contribution in [1.29, 1.82) is 0 Å². The molecule has 1 aromatic rings. The Morgan fingerprint density at radius 3 is 2.39 bits per heavy atom. The number of hydrogen-bond donors (Lipinski definition) is 0. The molecule has 0 atom stereocenters. The number of rotatable bonds is 2. The van der Waals surface area contributed by atoms with E-state index in [9.17, 15) is 4.79 Å². The summed E-state index contributed by atoms with van der Waals surface area (Å²) in [4.78, 5) is 13.9. The lowest BCUT2D eigenvalue weighted by molar-refractivity contribution is -0.122. The predicted molar refractivity (Wildman–Crippen MR) is 75.6 cm³/mol. The van der Waals surface area contributed by atoms with Gasteiger partial charge in [-0.3, -0.25) is 9.69 Å². The minimum atomic E-state index is 0.231. The fraction of sp³-hybridized carbons (Fsp3) is 0.533. The van der Waals surface area contributed by atoms with Crippen LogP contribution in [0, 0.1) is 6.92 Å². The predicted octanol–water partition coefficient (Wildman–Crippen LogP) is 3.41. The molecule has 3 heteroatoms. The van der Waals surface area contributed by atoms with Crippen LogP contribution in [0.15, 0.2) is 22.7 Å². The van der Waals surface area contributed by atoms with Crippen LogP contribution in [-0.2, 0) is 10.3 Å². The number of carbonyl (C=O) groups excluding carboxylic acids is 1. The molecule has 0 radical (unpaired) electrons. The Morgan fingerprint density at radius 1 is 1.17 bits per heavy atom. The van der Waals surface area contributed by atoms with Gasteiger partial charge in [0.05, 0.1) is 0 Å². The summed E-state index contributed by atoms with van der Waals surface area (Å²) < 4.78 is 1.16. The van der Waals surface area contributed by atoms with Crippen LogP contribution < -0.4 is 0 Å². The number of aryl methyl sites for hydroxylation is 1. The van der Waals surface area contributed by atoms with Gasteiger partial charge in [0.1, 0.15) is 5.78 Å². The van der Waals surface area contributed by atoms with Crippen LogP contribution >= 0.6 is 15.9 Å². The lowest BCUT2D eigenvalue weighted by Crippen LogP contribution is -2.41. The van der Waals surface area contributed by atoms with Crippen LogP contribution in [0.1, 0.15) is 36.8 Å². The first-order valence-electron chi connectivity index (χ1n) is 6.65. The van der Waals surface area contributed by atoms with E-state index in [1.807, 2.05) is 0 Å². The van der Waals surface area contributed by atoms with Crippen molar-refractivity contribution < 1.29 is 4.79 Å². The molecule has 0 aromatic heterocycles. The fourth-order valence-electron chi connectivity index (χ4n) is 3.10. The average Bonchev–Trinajstić information content (AvgIpc) is 3.10. The van der Waals surface area contributed by atoms with Crippen LogP contribution in [0.25, 0.3) is 0 Å². The van der Waals surface area contributed by atoms with Gasteiger partial charge in [0.2, 0.25) is 0 Å². The molecule has 2 fully saturated rings. The van der Waals surface area contributed by atoms with Gasteiger partial charge in [-0.1, -0.05) is 22.0 Å². The highest BCUT2D eigenvalue weighted by atomic mass is 79.9. The first-order chi connectivity index (χ1) is 8.60. The van der Waals surface area contributed by atoms with Crippen LogP contribution in [0.5, 0.6) is 0 Å². The number of Topliss-reactive ketones (excluding diaryl/α,β-unsaturated/α-hetero) is 1. The lowest BCUT2D eigenvalue weighted by Gasteiger charge is -2.35. The van der Waals surface area contributed by atoms with Crippen LogP contribution in [0.4, 0.5) is 0 Å². The number of carbonyl (C=O) groups is 1. The van der Waals surface area contributed by atoms with E-state index in [1.165, 1.54) is 24.0 Å². The molecule has 1 aromatic carbocycles. The Kier molecular flexibility index (Phi) is 3.07. The third-order valence-corrected chi connectivity index (χ3v) is 4.69. The van der Waals surface area contributed by atoms with Crippen molar-refractivity contribution in [2.24, 2.45) is 0 Å². The summed E-state index contributed by atoms with van der Waals surface area (Å²) in [5.74, 6) is 0.424. The number of halogens is 1. The number of ketones is 1. The monoisotopic (exact) mass is 307 g/mol. The van der Waals surface area contributed by atoms with Gasteiger partial charge >= 0.3 is 0 Å². The van der Waals surface area contributed by atoms with E-state index in [4.69, 9.17) is 0 Å². The van der Waals surface area contributed by atoms with E-state index in [0.29, 0.717) is 5.78 Å². The van der Waals surface area contributed by atoms with E-state index in [-0.39, 0.29) is 5.54 Å². The van der Waals surface area contributed by atoms with E-state index in [0.717, 1.165) is 30.4 Å². The SMILES string of the molecule is Cc1cc(Br)cc(C2(N3CCC(=O)CC3)CC2)c1. The second-order valence-corrected chi connectivity index (χ2v) is 6.49. The zero-order valence-electron chi connectivity index (χ0n) is 10.7. The Hall–Kier alpha value is -0.670. The van der Waals surface area contributed by atoms with Gasteiger partial charge in [-0.2, -0.15) is 0 Å². The molecule has 1 aliphatic heterocycles. The Labute approximate surface area is 116 Å². The van der Waals surface area contributed by atoms with Crippen molar-refractivity contribution >= 4 is 21.7 Å². The summed E-state index contributed by atoms with van der Waals surface area (Å²) in [5.41, 5.74) is 2.96. The molecule has 2 nitrogen and oxygen atoms in total. The van der Waals surface area contributed by atoms with Crippen molar-refractivity contribution in [3.05, 3.63) is 33.8 Å². The first-order valence-corrected chi connectivity index (χ1v) is 7.44. The summed E-state index contributed by atoms with van der Waals surface area (Å²) in [7, 11) is 0. The Morgan fingerprint density at radius 2 is 1.83 bits per heavy atom. The molecule has 1 aliphatic carbocycles. The molecule has 0 amide bonds. The number of likely N-dealkylation sites (tertiary alicyclic amines) is 1. The first kappa shape index (κ1) is 12.4. The zero-order chi connectivity index (χ0) is 12.8. The number of nitrogens with zero attached hydrogens (tertiary/aromatic N) is 1. The van der Waals surface area contributed by atoms with Crippen molar-refractivity contribution in [3.8, 4) is 0 Å². The highest BCUT2D eigenvalue weighted by Crippen LogP contribution is 2.52. The van der Waals surface area contributed by atoms with Crippen molar-refractivity contribution in [3.63, 3.8) is 0 Å². The van der Waals surface area contributed by atoms with Gasteiger partial charge in [0.25, 0.3) is 0 Å². The number of hydrogen-bond acceptors (Lipinski definition) is 2. The van der Waals surface area contributed by atoms with Crippen LogP contribution in [0.2, 0.25) is 0 Å². The van der Waals surface area contributed by atoms with Crippen molar-refractivity contribution in [2.75, 3.05) is 13.1 Å². The lowest BCUT2D eigenvalue weighted by atomic mass is 9.98. The van der Waals surface area contributed by atoms with Crippen LogP contribution in [0.3, 0.4) is 0 Å². The quantitative estimate of drug-likeness (QED) is 0.834. The molecule has 18 heavy (non-hydrogen) atoms. The van der Waals surface area contributed by atoms with E-state index in [1.54, 1.807) is 0 Å². The topological polar surface area (TPSA) is 20.3 Å². The van der Waals surface area contributed by atoms with Crippen molar-refractivity contribution in [2.45, 2.75) is 38.1 Å². The minimum absolute atomic E-state index is 0.231. The zero-order valence-corrected chi connectivity index (χ0v) is 12.3. The molecule has 0 spiro atoms.